The smallest absolute Gasteiger partial charge is 0.322 e. The van der Waals surface area contributed by atoms with Crippen molar-refractivity contribution in [2.75, 3.05) is 0 Å². The molecule has 1 aromatic carbocycles. The Labute approximate surface area is 126 Å². The van der Waals surface area contributed by atoms with Gasteiger partial charge in [-0.15, -0.1) is 0 Å². The van der Waals surface area contributed by atoms with Gasteiger partial charge in [0.25, 0.3) is 0 Å². The van der Waals surface area contributed by atoms with Gasteiger partial charge in [-0.05, 0) is 66.0 Å². The molecule has 0 atom stereocenters. The average Bonchev–Trinajstić information content (AvgIpc) is 2.25. The summed E-state index contributed by atoms with van der Waals surface area (Å²) in [5, 5.41) is 0. The zero-order valence-corrected chi connectivity index (χ0v) is 15.1. The van der Waals surface area contributed by atoms with Crippen LogP contribution in [0.15, 0.2) is 30.3 Å². The molecule has 0 radical (unpaired) electrons. The van der Waals surface area contributed by atoms with E-state index in [-0.39, 0.29) is 11.2 Å². The molecule has 114 valence electrons. The van der Waals surface area contributed by atoms with Gasteiger partial charge in [0, 0.05) is 11.2 Å². The molecule has 0 saturated heterocycles. The molecule has 0 spiro atoms. The third kappa shape index (κ3) is 8.51. The highest BCUT2D eigenvalue weighted by Crippen LogP contribution is 2.19. The third-order valence-corrected chi connectivity index (χ3v) is 5.54. The molecule has 0 saturated carbocycles. The molecule has 3 heteroatoms. The Morgan fingerprint density at radius 1 is 0.850 bits per heavy atom. The maximum Gasteiger partial charge on any atom is 0.322 e. The van der Waals surface area contributed by atoms with E-state index in [1.165, 1.54) is 5.56 Å². The number of hydrogen-bond donors (Lipinski definition) is 0. The van der Waals surface area contributed by atoms with Crippen LogP contribution in [0.2, 0.25) is 6.04 Å². The van der Waals surface area contributed by atoms with E-state index in [2.05, 4.69) is 71.9 Å². The summed E-state index contributed by atoms with van der Waals surface area (Å²) in [6, 6.07) is 11.7. The first kappa shape index (κ1) is 17.4. The summed E-state index contributed by atoms with van der Waals surface area (Å²) in [4.78, 5) is 0. The Hall–Kier alpha value is -0.643. The molecule has 0 aromatic heterocycles. The van der Waals surface area contributed by atoms with E-state index in [1.807, 2.05) is 0 Å². The fraction of sp³-hybridized carbons (Fsp3) is 0.647. The Kier molecular flexibility index (Phi) is 6.43. The van der Waals surface area contributed by atoms with Gasteiger partial charge in [0.05, 0.1) is 0 Å². The topological polar surface area (TPSA) is 18.5 Å². The van der Waals surface area contributed by atoms with E-state index in [0.29, 0.717) is 0 Å². The van der Waals surface area contributed by atoms with Gasteiger partial charge in [0.1, 0.15) is 0 Å². The maximum absolute atomic E-state index is 6.17. The monoisotopic (exact) mass is 294 g/mol. The van der Waals surface area contributed by atoms with Crippen molar-refractivity contribution in [2.24, 2.45) is 0 Å². The largest absolute Gasteiger partial charge is 0.392 e. The standard InChI is InChI=1S/C17H30O2Si/c1-16(2,3)18-20(19-17(4,5)6)14-10-13-15-11-8-7-9-12-15/h7-9,11-12,20H,10,13-14H2,1-6H3. The first-order valence-corrected chi connectivity index (χ1v) is 9.31. The molecule has 0 unspecified atom stereocenters. The number of rotatable bonds is 6. The van der Waals surface area contributed by atoms with Crippen LogP contribution in [-0.4, -0.2) is 20.5 Å². The second-order valence-electron chi connectivity index (χ2n) is 7.27. The summed E-state index contributed by atoms with van der Waals surface area (Å²) >= 11 is 0. The molecule has 0 aliphatic rings. The average molecular weight is 295 g/mol. The van der Waals surface area contributed by atoms with Crippen molar-refractivity contribution in [1.29, 1.82) is 0 Å². The van der Waals surface area contributed by atoms with Crippen LogP contribution in [0.1, 0.15) is 53.5 Å². The molecule has 2 nitrogen and oxygen atoms in total. The molecule has 20 heavy (non-hydrogen) atoms. The van der Waals surface area contributed by atoms with E-state index in [0.717, 1.165) is 18.9 Å². The number of benzene rings is 1. The predicted octanol–water partition coefficient (Wildman–Crippen LogP) is 4.47. The first-order chi connectivity index (χ1) is 9.16. The Morgan fingerprint density at radius 3 is 1.80 bits per heavy atom. The quantitative estimate of drug-likeness (QED) is 0.721. The highest BCUT2D eigenvalue weighted by molar-refractivity contribution is 6.44. The number of hydrogen-bond acceptors (Lipinski definition) is 2. The molecule has 0 aliphatic heterocycles. The van der Waals surface area contributed by atoms with Crippen LogP contribution < -0.4 is 0 Å². The minimum atomic E-state index is -1.62. The van der Waals surface area contributed by atoms with Crippen molar-refractivity contribution in [2.45, 2.75) is 71.6 Å². The molecule has 0 aliphatic carbocycles. The second kappa shape index (κ2) is 7.39. The van der Waals surface area contributed by atoms with E-state index >= 15 is 0 Å². The lowest BCUT2D eigenvalue weighted by Crippen LogP contribution is -2.38. The molecule has 1 rings (SSSR count). The van der Waals surface area contributed by atoms with Crippen LogP contribution in [-0.2, 0) is 15.3 Å². The molecule has 0 amide bonds. The zero-order chi connectivity index (χ0) is 15.2. The number of aryl methyl sites for hydroxylation is 1. The molecule has 0 heterocycles. The van der Waals surface area contributed by atoms with Gasteiger partial charge in [-0.25, -0.2) is 0 Å². The van der Waals surface area contributed by atoms with E-state index in [4.69, 9.17) is 8.85 Å². The van der Waals surface area contributed by atoms with Gasteiger partial charge < -0.3 is 8.85 Å². The lowest BCUT2D eigenvalue weighted by atomic mass is 10.1. The van der Waals surface area contributed by atoms with Crippen molar-refractivity contribution in [3.05, 3.63) is 35.9 Å². The highest BCUT2D eigenvalue weighted by Gasteiger charge is 2.26. The molecular formula is C17H30O2Si. The van der Waals surface area contributed by atoms with Gasteiger partial charge in [-0.3, -0.25) is 0 Å². The van der Waals surface area contributed by atoms with Gasteiger partial charge in [0.2, 0.25) is 0 Å². The van der Waals surface area contributed by atoms with Crippen LogP contribution >= 0.6 is 0 Å². The minimum Gasteiger partial charge on any atom is -0.392 e. The third-order valence-electron chi connectivity index (χ3n) is 2.72. The summed E-state index contributed by atoms with van der Waals surface area (Å²) in [5.41, 5.74) is 1.16. The first-order valence-electron chi connectivity index (χ1n) is 7.55. The second-order valence-corrected chi connectivity index (χ2v) is 9.18. The fourth-order valence-corrected chi connectivity index (χ4v) is 4.45. The molecular weight excluding hydrogens is 264 g/mol. The summed E-state index contributed by atoms with van der Waals surface area (Å²) in [6.45, 7) is 12.6. The van der Waals surface area contributed by atoms with Crippen molar-refractivity contribution < 1.29 is 8.85 Å². The van der Waals surface area contributed by atoms with Crippen molar-refractivity contribution in [1.82, 2.24) is 0 Å². The lowest BCUT2D eigenvalue weighted by molar-refractivity contribution is 0.0336. The molecule has 0 fully saturated rings. The van der Waals surface area contributed by atoms with Crippen LogP contribution in [0.5, 0.6) is 0 Å². The van der Waals surface area contributed by atoms with Gasteiger partial charge >= 0.3 is 9.28 Å². The van der Waals surface area contributed by atoms with E-state index in [1.54, 1.807) is 0 Å². The van der Waals surface area contributed by atoms with Crippen LogP contribution in [0, 0.1) is 0 Å². The molecule has 0 bridgehead atoms. The summed E-state index contributed by atoms with van der Waals surface area (Å²) in [7, 11) is -1.62. The summed E-state index contributed by atoms with van der Waals surface area (Å²) < 4.78 is 12.3. The molecule has 1 aromatic rings. The zero-order valence-electron chi connectivity index (χ0n) is 13.9. The Bertz CT molecular complexity index is 360. The van der Waals surface area contributed by atoms with Gasteiger partial charge in [0.15, 0.2) is 0 Å². The normalized spacial score (nSPS) is 12.9. The Balaban J connectivity index is 2.48. The lowest BCUT2D eigenvalue weighted by Gasteiger charge is -2.32. The summed E-state index contributed by atoms with van der Waals surface area (Å²) in [6.07, 6.45) is 2.23. The maximum atomic E-state index is 6.17. The van der Waals surface area contributed by atoms with Crippen molar-refractivity contribution >= 4 is 9.28 Å². The highest BCUT2D eigenvalue weighted by atomic mass is 28.3. The van der Waals surface area contributed by atoms with Crippen LogP contribution in [0.4, 0.5) is 0 Å². The fourth-order valence-electron chi connectivity index (χ4n) is 2.05. The minimum absolute atomic E-state index is 0.116. The van der Waals surface area contributed by atoms with Crippen molar-refractivity contribution in [3.8, 4) is 0 Å². The summed E-state index contributed by atoms with van der Waals surface area (Å²) in [5.74, 6) is 0. The predicted molar refractivity (Wildman–Crippen MR) is 88.4 cm³/mol. The van der Waals surface area contributed by atoms with Crippen LogP contribution in [0.25, 0.3) is 0 Å². The van der Waals surface area contributed by atoms with Gasteiger partial charge in [-0.1, -0.05) is 30.3 Å². The van der Waals surface area contributed by atoms with Crippen LogP contribution in [0.3, 0.4) is 0 Å². The van der Waals surface area contributed by atoms with Crippen molar-refractivity contribution in [3.63, 3.8) is 0 Å². The molecule has 0 N–H and O–H groups in total. The van der Waals surface area contributed by atoms with E-state index < -0.39 is 9.28 Å². The SMILES string of the molecule is CC(C)(C)O[SiH](CCCc1ccccc1)OC(C)(C)C. The van der Waals surface area contributed by atoms with E-state index in [9.17, 15) is 0 Å². The van der Waals surface area contributed by atoms with Gasteiger partial charge in [-0.2, -0.15) is 0 Å². The Morgan fingerprint density at radius 2 is 1.35 bits per heavy atom.